The molecule has 0 bridgehead atoms. The molecule has 5 heteroatoms. The van der Waals surface area contributed by atoms with Gasteiger partial charge in [-0.25, -0.2) is 0 Å². The number of ether oxygens (including phenoxy) is 1. The summed E-state index contributed by atoms with van der Waals surface area (Å²) in [5.41, 5.74) is 1.56. The molecule has 2 aromatic rings. The number of carbonyl (C=O) groups is 2. The number of methoxy groups -OCH3 is 1. The average Bonchev–Trinajstić information content (AvgIpc) is 2.67. The summed E-state index contributed by atoms with van der Waals surface area (Å²) < 4.78 is 5.25. The zero-order valence-corrected chi connectivity index (χ0v) is 15.6. The van der Waals surface area contributed by atoms with E-state index in [1.807, 2.05) is 30.9 Å². The maximum absolute atomic E-state index is 12.7. The number of anilines is 1. The van der Waals surface area contributed by atoms with Crippen LogP contribution in [0.3, 0.4) is 0 Å². The van der Waals surface area contributed by atoms with E-state index in [1.165, 1.54) is 0 Å². The van der Waals surface area contributed by atoms with Crippen molar-refractivity contribution in [1.29, 1.82) is 0 Å². The van der Waals surface area contributed by atoms with Gasteiger partial charge in [-0.15, -0.1) is 0 Å². The highest BCUT2D eigenvalue weighted by molar-refractivity contribution is 6.06. The SMILES string of the molecule is CCCN(CCC)C(=O)c1cccc(C(=O)Nc2ccccc2OC)c1. The van der Waals surface area contributed by atoms with Crippen LogP contribution in [0.2, 0.25) is 0 Å². The van der Waals surface area contributed by atoms with Gasteiger partial charge in [0.25, 0.3) is 11.8 Å². The van der Waals surface area contributed by atoms with Crippen molar-refractivity contribution in [3.05, 3.63) is 59.7 Å². The van der Waals surface area contributed by atoms with Gasteiger partial charge in [0.15, 0.2) is 0 Å². The molecule has 0 saturated carbocycles. The van der Waals surface area contributed by atoms with Crippen molar-refractivity contribution >= 4 is 17.5 Å². The fourth-order valence-electron chi connectivity index (χ4n) is 2.77. The van der Waals surface area contributed by atoms with Crippen molar-refractivity contribution in [2.75, 3.05) is 25.5 Å². The Morgan fingerprint density at radius 1 is 0.962 bits per heavy atom. The highest BCUT2D eigenvalue weighted by atomic mass is 16.5. The second kappa shape index (κ2) is 9.61. The molecule has 0 radical (unpaired) electrons. The van der Waals surface area contributed by atoms with Gasteiger partial charge < -0.3 is 15.0 Å². The first-order valence-electron chi connectivity index (χ1n) is 8.94. The Labute approximate surface area is 155 Å². The molecule has 5 nitrogen and oxygen atoms in total. The van der Waals surface area contributed by atoms with Gasteiger partial charge in [0.2, 0.25) is 0 Å². The predicted octanol–water partition coefficient (Wildman–Crippen LogP) is 4.21. The number of rotatable bonds is 8. The first kappa shape index (κ1) is 19.5. The summed E-state index contributed by atoms with van der Waals surface area (Å²) in [6.45, 7) is 5.52. The van der Waals surface area contributed by atoms with Crippen molar-refractivity contribution in [3.8, 4) is 5.75 Å². The highest BCUT2D eigenvalue weighted by Crippen LogP contribution is 2.23. The van der Waals surface area contributed by atoms with Crippen LogP contribution in [-0.2, 0) is 0 Å². The van der Waals surface area contributed by atoms with Crippen molar-refractivity contribution in [2.45, 2.75) is 26.7 Å². The fraction of sp³-hybridized carbons (Fsp3) is 0.333. The summed E-state index contributed by atoms with van der Waals surface area (Å²) >= 11 is 0. The van der Waals surface area contributed by atoms with Crippen LogP contribution in [0.1, 0.15) is 47.4 Å². The standard InChI is InChI=1S/C21H26N2O3/c1-4-13-23(14-5-2)21(25)17-10-8-9-16(15-17)20(24)22-18-11-6-7-12-19(18)26-3/h6-12,15H,4-5,13-14H2,1-3H3,(H,22,24). The van der Waals surface area contributed by atoms with Crippen LogP contribution in [-0.4, -0.2) is 36.9 Å². The number of hydrogen-bond donors (Lipinski definition) is 1. The number of para-hydroxylation sites is 2. The van der Waals surface area contributed by atoms with Crippen molar-refractivity contribution in [1.82, 2.24) is 4.90 Å². The van der Waals surface area contributed by atoms with Gasteiger partial charge in [0, 0.05) is 24.2 Å². The molecule has 2 amide bonds. The molecule has 0 atom stereocenters. The van der Waals surface area contributed by atoms with Gasteiger partial charge >= 0.3 is 0 Å². The molecule has 0 fully saturated rings. The number of nitrogens with one attached hydrogen (secondary N) is 1. The van der Waals surface area contributed by atoms with E-state index < -0.39 is 0 Å². The lowest BCUT2D eigenvalue weighted by atomic mass is 10.1. The minimum absolute atomic E-state index is 0.0411. The van der Waals surface area contributed by atoms with E-state index in [4.69, 9.17) is 4.74 Å². The smallest absolute Gasteiger partial charge is 0.255 e. The summed E-state index contributed by atoms with van der Waals surface area (Å²) in [6.07, 6.45) is 1.80. The molecule has 1 N–H and O–H groups in total. The first-order valence-corrected chi connectivity index (χ1v) is 8.94. The van der Waals surface area contributed by atoms with Crippen LogP contribution < -0.4 is 10.1 Å². The van der Waals surface area contributed by atoms with Gasteiger partial charge in [-0.1, -0.05) is 32.0 Å². The van der Waals surface area contributed by atoms with Gasteiger partial charge in [0.05, 0.1) is 12.8 Å². The molecule has 2 aromatic carbocycles. The minimum Gasteiger partial charge on any atom is -0.495 e. The summed E-state index contributed by atoms with van der Waals surface area (Å²) in [6, 6.07) is 14.0. The Kier molecular flexibility index (Phi) is 7.21. The molecule has 0 spiro atoms. The third-order valence-electron chi connectivity index (χ3n) is 4.00. The van der Waals surface area contributed by atoms with E-state index >= 15 is 0 Å². The topological polar surface area (TPSA) is 58.6 Å². The predicted molar refractivity (Wildman–Crippen MR) is 104 cm³/mol. The number of amides is 2. The molecule has 0 heterocycles. The van der Waals surface area contributed by atoms with Crippen molar-refractivity contribution in [2.24, 2.45) is 0 Å². The lowest BCUT2D eigenvalue weighted by molar-refractivity contribution is 0.0755. The van der Waals surface area contributed by atoms with Gasteiger partial charge in [-0.2, -0.15) is 0 Å². The van der Waals surface area contributed by atoms with Gasteiger partial charge in [-0.05, 0) is 43.2 Å². The molecule has 26 heavy (non-hydrogen) atoms. The number of hydrogen-bond acceptors (Lipinski definition) is 3. The normalized spacial score (nSPS) is 10.3. The van der Waals surface area contributed by atoms with Crippen LogP contribution in [0.15, 0.2) is 48.5 Å². The zero-order valence-electron chi connectivity index (χ0n) is 15.6. The molecule has 2 rings (SSSR count). The van der Waals surface area contributed by atoms with Crippen LogP contribution >= 0.6 is 0 Å². The van der Waals surface area contributed by atoms with Gasteiger partial charge in [-0.3, -0.25) is 9.59 Å². The van der Waals surface area contributed by atoms with E-state index in [0.717, 1.165) is 12.8 Å². The summed E-state index contributed by atoms with van der Waals surface area (Å²) in [5.74, 6) is 0.271. The molecule has 0 aliphatic heterocycles. The monoisotopic (exact) mass is 354 g/mol. The highest BCUT2D eigenvalue weighted by Gasteiger charge is 2.16. The molecular weight excluding hydrogens is 328 g/mol. The quantitative estimate of drug-likeness (QED) is 0.772. The Morgan fingerprint density at radius 3 is 2.27 bits per heavy atom. The third-order valence-corrected chi connectivity index (χ3v) is 4.00. The van der Waals surface area contributed by atoms with E-state index in [2.05, 4.69) is 5.32 Å². The molecule has 138 valence electrons. The third kappa shape index (κ3) is 4.85. The number of carbonyl (C=O) groups excluding carboxylic acids is 2. The number of nitrogens with zero attached hydrogens (tertiary/aromatic N) is 1. The van der Waals surface area contributed by atoms with Crippen LogP contribution in [0.4, 0.5) is 5.69 Å². The Morgan fingerprint density at radius 2 is 1.62 bits per heavy atom. The lowest BCUT2D eigenvalue weighted by Crippen LogP contribution is -2.32. The minimum atomic E-state index is -0.276. The molecule has 0 unspecified atom stereocenters. The van der Waals surface area contributed by atoms with E-state index in [9.17, 15) is 9.59 Å². The van der Waals surface area contributed by atoms with E-state index in [0.29, 0.717) is 35.7 Å². The molecule has 0 aromatic heterocycles. The maximum Gasteiger partial charge on any atom is 0.255 e. The molecule has 0 aliphatic carbocycles. The molecule has 0 aliphatic rings. The largest absolute Gasteiger partial charge is 0.495 e. The summed E-state index contributed by atoms with van der Waals surface area (Å²) in [5, 5.41) is 2.83. The summed E-state index contributed by atoms with van der Waals surface area (Å²) in [7, 11) is 1.56. The van der Waals surface area contributed by atoms with Gasteiger partial charge in [0.1, 0.15) is 5.75 Å². The second-order valence-electron chi connectivity index (χ2n) is 6.03. The maximum atomic E-state index is 12.7. The first-order chi connectivity index (χ1) is 12.6. The average molecular weight is 354 g/mol. The Balaban J connectivity index is 2.19. The fourth-order valence-corrected chi connectivity index (χ4v) is 2.77. The van der Waals surface area contributed by atoms with Crippen molar-refractivity contribution in [3.63, 3.8) is 0 Å². The lowest BCUT2D eigenvalue weighted by Gasteiger charge is -2.21. The Hall–Kier alpha value is -2.82. The zero-order chi connectivity index (χ0) is 18.9. The van der Waals surface area contributed by atoms with E-state index in [1.54, 1.807) is 43.5 Å². The van der Waals surface area contributed by atoms with E-state index in [-0.39, 0.29) is 11.8 Å². The van der Waals surface area contributed by atoms with Crippen LogP contribution in [0.25, 0.3) is 0 Å². The number of benzene rings is 2. The molecule has 0 saturated heterocycles. The second-order valence-corrected chi connectivity index (χ2v) is 6.03. The van der Waals surface area contributed by atoms with Crippen molar-refractivity contribution < 1.29 is 14.3 Å². The Bertz CT molecular complexity index is 752. The van der Waals surface area contributed by atoms with Crippen LogP contribution in [0, 0.1) is 0 Å². The van der Waals surface area contributed by atoms with Crippen LogP contribution in [0.5, 0.6) is 5.75 Å². The summed E-state index contributed by atoms with van der Waals surface area (Å²) in [4.78, 5) is 27.1. The molecular formula is C21H26N2O3.